The van der Waals surface area contributed by atoms with Crippen molar-refractivity contribution >= 4 is 23.3 Å². The Morgan fingerprint density at radius 3 is 2.57 bits per heavy atom. The number of nitrogens with one attached hydrogen (secondary N) is 1. The molecule has 120 valence electrons. The number of anilines is 1. The second kappa shape index (κ2) is 5.81. The molecule has 0 amide bonds. The van der Waals surface area contributed by atoms with E-state index < -0.39 is 23.4 Å². The largest absolute Gasteiger partial charge is 0.453 e. The van der Waals surface area contributed by atoms with Gasteiger partial charge in [0.15, 0.2) is 0 Å². The number of hydrogen-bond donors (Lipinski definition) is 1. The molecule has 6 heteroatoms. The van der Waals surface area contributed by atoms with Crippen molar-refractivity contribution in [3.63, 3.8) is 0 Å². The molecule has 2 aromatic carbocycles. The van der Waals surface area contributed by atoms with Gasteiger partial charge in [-0.1, -0.05) is 23.7 Å². The first kappa shape index (κ1) is 15.7. The Bertz CT molecular complexity index is 751. The van der Waals surface area contributed by atoms with Crippen molar-refractivity contribution in [3.05, 3.63) is 64.7 Å². The lowest BCUT2D eigenvalue weighted by Gasteiger charge is -2.23. The molecular weight excluding hydrogens is 324 g/mol. The fraction of sp³-hybridized carbons (Fsp3) is 0.235. The molecule has 1 saturated heterocycles. The van der Waals surface area contributed by atoms with E-state index in [0.29, 0.717) is 12.0 Å². The minimum absolute atomic E-state index is 0.180. The first-order valence-corrected chi connectivity index (χ1v) is 7.46. The van der Waals surface area contributed by atoms with E-state index in [1.54, 1.807) is 19.1 Å². The van der Waals surface area contributed by atoms with Crippen LogP contribution < -0.4 is 5.32 Å². The van der Waals surface area contributed by atoms with Gasteiger partial charge in [-0.15, -0.1) is 0 Å². The van der Waals surface area contributed by atoms with Crippen molar-refractivity contribution < 1.29 is 18.3 Å². The van der Waals surface area contributed by atoms with Gasteiger partial charge in [0.25, 0.3) is 0 Å². The maximum atomic E-state index is 13.9. The number of halogens is 3. The molecule has 1 heterocycles. The number of hydrogen-bond acceptors (Lipinski definition) is 3. The molecule has 0 aliphatic carbocycles. The maximum absolute atomic E-state index is 13.9. The molecule has 2 aromatic rings. The predicted octanol–water partition coefficient (Wildman–Crippen LogP) is 4.26. The molecule has 0 saturated carbocycles. The second-order valence-electron chi connectivity index (χ2n) is 5.68. The monoisotopic (exact) mass is 337 g/mol. The van der Waals surface area contributed by atoms with Crippen LogP contribution in [0.4, 0.5) is 14.5 Å². The summed E-state index contributed by atoms with van der Waals surface area (Å²) in [5.41, 5.74) is -0.0152. The standard InChI is InChI=1S/C17H14ClF2NO2/c1-17(10-2-5-12(19)6-3-10)9-15(16(22)23-17)21-14-7-4-11(18)8-13(14)20/h2-8,15,21H,9H2,1H3. The molecule has 3 rings (SSSR count). The van der Waals surface area contributed by atoms with E-state index in [1.807, 2.05) is 0 Å². The molecule has 0 aromatic heterocycles. The number of benzene rings is 2. The van der Waals surface area contributed by atoms with E-state index >= 15 is 0 Å². The first-order chi connectivity index (χ1) is 10.9. The zero-order chi connectivity index (χ0) is 16.6. The number of carbonyl (C=O) groups is 1. The molecule has 23 heavy (non-hydrogen) atoms. The van der Waals surface area contributed by atoms with Gasteiger partial charge in [0, 0.05) is 11.4 Å². The molecule has 2 unspecified atom stereocenters. The highest BCUT2D eigenvalue weighted by molar-refractivity contribution is 6.30. The van der Waals surface area contributed by atoms with Crippen molar-refractivity contribution in [1.82, 2.24) is 0 Å². The van der Waals surface area contributed by atoms with Gasteiger partial charge < -0.3 is 10.1 Å². The summed E-state index contributed by atoms with van der Waals surface area (Å²) >= 11 is 5.71. The van der Waals surface area contributed by atoms with E-state index in [2.05, 4.69) is 5.32 Å². The van der Waals surface area contributed by atoms with Crippen LogP contribution in [0, 0.1) is 11.6 Å². The van der Waals surface area contributed by atoms with Gasteiger partial charge >= 0.3 is 5.97 Å². The average Bonchev–Trinajstić information content (AvgIpc) is 2.78. The van der Waals surface area contributed by atoms with Crippen LogP contribution in [-0.4, -0.2) is 12.0 Å². The van der Waals surface area contributed by atoms with Gasteiger partial charge in [-0.2, -0.15) is 0 Å². The molecule has 1 N–H and O–H groups in total. The fourth-order valence-corrected chi connectivity index (χ4v) is 2.85. The van der Waals surface area contributed by atoms with Crippen LogP contribution in [0.1, 0.15) is 18.9 Å². The molecule has 1 fully saturated rings. The van der Waals surface area contributed by atoms with Gasteiger partial charge in [0.05, 0.1) is 5.69 Å². The number of ether oxygens (including phenoxy) is 1. The Labute approximate surface area is 137 Å². The number of rotatable bonds is 3. The smallest absolute Gasteiger partial charge is 0.329 e. The SMILES string of the molecule is CC1(c2ccc(F)cc2)CC(Nc2ccc(Cl)cc2F)C(=O)O1. The minimum Gasteiger partial charge on any atom is -0.453 e. The molecule has 0 radical (unpaired) electrons. The van der Waals surface area contributed by atoms with E-state index in [0.717, 1.165) is 0 Å². The minimum atomic E-state index is -0.884. The van der Waals surface area contributed by atoms with Crippen LogP contribution in [0.25, 0.3) is 0 Å². The molecule has 2 atom stereocenters. The third kappa shape index (κ3) is 3.15. The summed E-state index contributed by atoms with van der Waals surface area (Å²) in [4.78, 5) is 12.1. The summed E-state index contributed by atoms with van der Waals surface area (Å²) in [5.74, 6) is -1.38. The van der Waals surface area contributed by atoms with Gasteiger partial charge in [-0.3, -0.25) is 0 Å². The maximum Gasteiger partial charge on any atom is 0.329 e. The van der Waals surface area contributed by atoms with Crippen LogP contribution in [0.15, 0.2) is 42.5 Å². The lowest BCUT2D eigenvalue weighted by Crippen LogP contribution is -2.25. The molecule has 1 aliphatic heterocycles. The van der Waals surface area contributed by atoms with Crippen molar-refractivity contribution in [1.29, 1.82) is 0 Å². The van der Waals surface area contributed by atoms with E-state index in [-0.39, 0.29) is 16.5 Å². The third-order valence-electron chi connectivity index (χ3n) is 3.92. The van der Waals surface area contributed by atoms with E-state index in [9.17, 15) is 13.6 Å². The van der Waals surface area contributed by atoms with Gasteiger partial charge in [-0.05, 0) is 42.8 Å². The Kier molecular flexibility index (Phi) is 3.98. The highest BCUT2D eigenvalue weighted by Crippen LogP contribution is 2.38. The van der Waals surface area contributed by atoms with Gasteiger partial charge in [0.1, 0.15) is 23.3 Å². The summed E-state index contributed by atoms with van der Waals surface area (Å²) in [7, 11) is 0. The lowest BCUT2D eigenvalue weighted by molar-refractivity contribution is -0.148. The van der Waals surface area contributed by atoms with Crippen molar-refractivity contribution in [2.45, 2.75) is 25.0 Å². The summed E-state index contributed by atoms with van der Waals surface area (Å²) in [5, 5.41) is 3.12. The van der Waals surface area contributed by atoms with Crippen molar-refractivity contribution in [2.24, 2.45) is 0 Å². The zero-order valence-corrected chi connectivity index (χ0v) is 13.0. The zero-order valence-electron chi connectivity index (χ0n) is 12.3. The van der Waals surface area contributed by atoms with Crippen LogP contribution in [0.3, 0.4) is 0 Å². The van der Waals surface area contributed by atoms with Crippen LogP contribution >= 0.6 is 11.6 Å². The summed E-state index contributed by atoms with van der Waals surface area (Å²) < 4.78 is 32.3. The predicted molar refractivity (Wildman–Crippen MR) is 83.3 cm³/mol. The molecular formula is C17H14ClF2NO2. The van der Waals surface area contributed by atoms with E-state index in [1.165, 1.54) is 30.3 Å². The highest BCUT2D eigenvalue weighted by atomic mass is 35.5. The Hall–Kier alpha value is -2.14. The van der Waals surface area contributed by atoms with Gasteiger partial charge in [0.2, 0.25) is 0 Å². The fourth-order valence-electron chi connectivity index (χ4n) is 2.69. The third-order valence-corrected chi connectivity index (χ3v) is 4.15. The molecule has 1 aliphatic rings. The van der Waals surface area contributed by atoms with Crippen LogP contribution in [-0.2, 0) is 15.1 Å². The quantitative estimate of drug-likeness (QED) is 0.850. The molecule has 0 spiro atoms. The Balaban J connectivity index is 1.80. The molecule has 0 bridgehead atoms. The molecule has 3 nitrogen and oxygen atoms in total. The number of cyclic esters (lactones) is 1. The Morgan fingerprint density at radius 1 is 1.22 bits per heavy atom. The number of esters is 1. The summed E-state index contributed by atoms with van der Waals surface area (Å²) in [6.45, 7) is 1.75. The van der Waals surface area contributed by atoms with Crippen molar-refractivity contribution in [2.75, 3.05) is 5.32 Å². The second-order valence-corrected chi connectivity index (χ2v) is 6.12. The summed E-state index contributed by atoms with van der Waals surface area (Å²) in [6.07, 6.45) is 0.305. The topological polar surface area (TPSA) is 38.3 Å². The van der Waals surface area contributed by atoms with E-state index in [4.69, 9.17) is 16.3 Å². The number of carbonyl (C=O) groups excluding carboxylic acids is 1. The highest BCUT2D eigenvalue weighted by Gasteiger charge is 2.44. The van der Waals surface area contributed by atoms with Crippen molar-refractivity contribution in [3.8, 4) is 0 Å². The van der Waals surface area contributed by atoms with Gasteiger partial charge in [-0.25, -0.2) is 13.6 Å². The average molecular weight is 338 g/mol. The lowest BCUT2D eigenvalue weighted by atomic mass is 9.91. The Morgan fingerprint density at radius 2 is 1.91 bits per heavy atom. The first-order valence-electron chi connectivity index (χ1n) is 7.08. The normalized spacial score (nSPS) is 23.7. The van der Waals surface area contributed by atoms with Crippen LogP contribution in [0.5, 0.6) is 0 Å². The summed E-state index contributed by atoms with van der Waals surface area (Å²) in [6, 6.07) is 9.26. The van der Waals surface area contributed by atoms with Crippen LogP contribution in [0.2, 0.25) is 5.02 Å².